The number of rotatable bonds is 4. The number of aromatic nitrogens is 1. The van der Waals surface area contributed by atoms with E-state index in [0.717, 1.165) is 6.42 Å². The topological polar surface area (TPSA) is 83.7 Å². The highest BCUT2D eigenvalue weighted by Crippen LogP contribution is 2.29. The Hall–Kier alpha value is -2.45. The Morgan fingerprint density at radius 3 is 2.37 bits per heavy atom. The largest absolute Gasteiger partial charge is 0.360 e. The second kappa shape index (κ2) is 8.35. The van der Waals surface area contributed by atoms with Crippen molar-refractivity contribution in [1.82, 2.24) is 14.4 Å². The third kappa shape index (κ3) is 3.94. The number of benzene rings is 1. The normalized spacial score (nSPS) is 19.0. The minimum absolute atomic E-state index is 0.132. The fourth-order valence-corrected chi connectivity index (χ4v) is 6.12. The van der Waals surface area contributed by atoms with Crippen molar-refractivity contribution < 1.29 is 17.7 Å². The number of aryl methyl sites for hydroxylation is 2. The predicted molar refractivity (Wildman–Crippen MR) is 113 cm³/mol. The van der Waals surface area contributed by atoms with E-state index in [0.29, 0.717) is 50.5 Å². The second-order valence-corrected chi connectivity index (χ2v) is 9.84. The van der Waals surface area contributed by atoms with Crippen molar-refractivity contribution in [3.8, 4) is 0 Å². The van der Waals surface area contributed by atoms with Crippen LogP contribution < -0.4 is 0 Å². The lowest BCUT2D eigenvalue weighted by molar-refractivity contribution is -0.136. The number of hydrogen-bond donors (Lipinski definition) is 0. The lowest BCUT2D eigenvalue weighted by Crippen LogP contribution is -2.45. The van der Waals surface area contributed by atoms with Gasteiger partial charge in [0, 0.05) is 32.1 Å². The van der Waals surface area contributed by atoms with Gasteiger partial charge in [0.25, 0.3) is 0 Å². The fourth-order valence-electron chi connectivity index (χ4n) is 4.36. The molecule has 0 bridgehead atoms. The molecule has 2 aliphatic rings. The number of carbonyl (C=O) groups is 1. The van der Waals surface area contributed by atoms with Crippen molar-refractivity contribution in [2.24, 2.45) is 5.92 Å². The summed E-state index contributed by atoms with van der Waals surface area (Å²) >= 11 is 0. The van der Waals surface area contributed by atoms with E-state index in [2.05, 4.69) is 23.4 Å². The lowest BCUT2D eigenvalue weighted by atomic mass is 9.94. The zero-order chi connectivity index (χ0) is 21.3. The summed E-state index contributed by atoms with van der Waals surface area (Å²) in [7, 11) is -3.65. The monoisotopic (exact) mass is 429 g/mol. The quantitative estimate of drug-likeness (QED) is 0.746. The Kier molecular flexibility index (Phi) is 5.79. The molecule has 0 aliphatic carbocycles. The highest BCUT2D eigenvalue weighted by molar-refractivity contribution is 7.89. The van der Waals surface area contributed by atoms with E-state index in [9.17, 15) is 13.2 Å². The Morgan fingerprint density at radius 1 is 1.10 bits per heavy atom. The van der Waals surface area contributed by atoms with Gasteiger partial charge >= 0.3 is 0 Å². The number of carbonyl (C=O) groups excluding carboxylic acids is 1. The first-order valence-electron chi connectivity index (χ1n) is 10.3. The maximum atomic E-state index is 13.0. The Balaban J connectivity index is 1.37. The van der Waals surface area contributed by atoms with Gasteiger partial charge in [-0.05, 0) is 44.2 Å². The summed E-state index contributed by atoms with van der Waals surface area (Å²) in [5.74, 6) is 0.306. The molecular weight excluding hydrogens is 402 g/mol. The minimum Gasteiger partial charge on any atom is -0.360 e. The molecular formula is C22H27N3O4S. The molecule has 1 saturated heterocycles. The van der Waals surface area contributed by atoms with E-state index in [1.54, 1.807) is 13.8 Å². The van der Waals surface area contributed by atoms with Crippen LogP contribution in [0.4, 0.5) is 0 Å². The van der Waals surface area contributed by atoms with Gasteiger partial charge in [-0.1, -0.05) is 41.6 Å². The summed E-state index contributed by atoms with van der Waals surface area (Å²) in [6.45, 7) is 5.23. The van der Waals surface area contributed by atoms with Gasteiger partial charge in [0.2, 0.25) is 15.9 Å². The molecule has 0 spiro atoms. The highest BCUT2D eigenvalue weighted by atomic mass is 32.2. The Morgan fingerprint density at radius 2 is 1.80 bits per heavy atom. The molecule has 30 heavy (non-hydrogen) atoms. The van der Waals surface area contributed by atoms with Crippen molar-refractivity contribution in [3.05, 3.63) is 53.4 Å². The fraction of sp³-hybridized carbons (Fsp3) is 0.455. The number of amides is 1. The van der Waals surface area contributed by atoms with Gasteiger partial charge in [0.15, 0.2) is 5.76 Å². The van der Waals surface area contributed by atoms with Crippen LogP contribution in [0.5, 0.6) is 0 Å². The molecule has 3 heterocycles. The van der Waals surface area contributed by atoms with Crippen LogP contribution in [-0.2, 0) is 14.8 Å². The molecule has 7 nitrogen and oxygen atoms in total. The van der Waals surface area contributed by atoms with Crippen LogP contribution in [0.1, 0.15) is 36.3 Å². The van der Waals surface area contributed by atoms with E-state index in [-0.39, 0.29) is 16.7 Å². The second-order valence-electron chi connectivity index (χ2n) is 7.96. The van der Waals surface area contributed by atoms with Gasteiger partial charge < -0.3 is 9.42 Å². The first-order chi connectivity index (χ1) is 14.4. The molecule has 0 atom stereocenters. The molecule has 4 rings (SSSR count). The number of nitrogens with zero attached hydrogens (tertiary/aromatic N) is 3. The van der Waals surface area contributed by atoms with Gasteiger partial charge in [-0.3, -0.25) is 4.79 Å². The van der Waals surface area contributed by atoms with Crippen LogP contribution >= 0.6 is 0 Å². The van der Waals surface area contributed by atoms with Crippen LogP contribution in [0.3, 0.4) is 0 Å². The standard InChI is InChI=1S/C22H27N3O4S/c1-16-21(17(2)29-23-16)30(27,28)25-14-10-20(11-15-25)22(26)24-12-8-19(9-13-24)18-6-4-3-5-7-18/h3-8,20H,9-15H2,1-2H3. The third-order valence-electron chi connectivity index (χ3n) is 6.03. The summed E-state index contributed by atoms with van der Waals surface area (Å²) in [4.78, 5) is 15.0. The molecule has 1 amide bonds. The molecule has 0 N–H and O–H groups in total. The summed E-state index contributed by atoms with van der Waals surface area (Å²) in [6, 6.07) is 10.2. The number of piperidine rings is 1. The van der Waals surface area contributed by atoms with E-state index in [1.165, 1.54) is 15.4 Å². The van der Waals surface area contributed by atoms with Gasteiger partial charge in [0.05, 0.1) is 0 Å². The Labute approximate surface area is 177 Å². The van der Waals surface area contributed by atoms with Crippen LogP contribution in [0.25, 0.3) is 5.57 Å². The summed E-state index contributed by atoms with van der Waals surface area (Å²) < 4.78 is 32.4. The average Bonchev–Trinajstić information content (AvgIpc) is 3.13. The molecule has 2 aromatic rings. The van der Waals surface area contributed by atoms with Crippen molar-refractivity contribution >= 4 is 21.5 Å². The number of sulfonamides is 1. The molecule has 1 aromatic heterocycles. The predicted octanol–water partition coefficient (Wildman–Crippen LogP) is 3.01. The first kappa shape index (κ1) is 20.8. The zero-order valence-electron chi connectivity index (χ0n) is 17.4. The molecule has 1 fully saturated rings. The number of hydrogen-bond acceptors (Lipinski definition) is 5. The average molecular weight is 430 g/mol. The summed E-state index contributed by atoms with van der Waals surface area (Å²) in [5, 5.41) is 3.76. The summed E-state index contributed by atoms with van der Waals surface area (Å²) in [6.07, 6.45) is 4.04. The van der Waals surface area contributed by atoms with E-state index in [1.807, 2.05) is 23.1 Å². The van der Waals surface area contributed by atoms with Gasteiger partial charge in [-0.25, -0.2) is 8.42 Å². The smallest absolute Gasteiger partial charge is 0.248 e. The molecule has 0 unspecified atom stereocenters. The molecule has 8 heteroatoms. The van der Waals surface area contributed by atoms with E-state index in [4.69, 9.17) is 4.52 Å². The molecule has 0 radical (unpaired) electrons. The van der Waals surface area contributed by atoms with E-state index < -0.39 is 10.0 Å². The van der Waals surface area contributed by atoms with Crippen LogP contribution in [0, 0.1) is 19.8 Å². The van der Waals surface area contributed by atoms with Crippen molar-refractivity contribution in [3.63, 3.8) is 0 Å². The highest BCUT2D eigenvalue weighted by Gasteiger charge is 2.36. The molecule has 160 valence electrons. The van der Waals surface area contributed by atoms with Crippen molar-refractivity contribution in [2.45, 2.75) is 38.0 Å². The van der Waals surface area contributed by atoms with Gasteiger partial charge in [-0.2, -0.15) is 4.31 Å². The van der Waals surface area contributed by atoms with Crippen LogP contribution in [0.2, 0.25) is 0 Å². The third-order valence-corrected chi connectivity index (χ3v) is 8.18. The van der Waals surface area contributed by atoms with Crippen LogP contribution in [0.15, 0.2) is 45.8 Å². The molecule has 2 aliphatic heterocycles. The van der Waals surface area contributed by atoms with Crippen molar-refractivity contribution in [2.75, 3.05) is 26.2 Å². The van der Waals surface area contributed by atoms with Gasteiger partial charge in [-0.15, -0.1) is 0 Å². The summed E-state index contributed by atoms with van der Waals surface area (Å²) in [5.41, 5.74) is 2.86. The van der Waals surface area contributed by atoms with E-state index >= 15 is 0 Å². The molecule has 0 saturated carbocycles. The zero-order valence-corrected chi connectivity index (χ0v) is 18.2. The van der Waals surface area contributed by atoms with Crippen LogP contribution in [-0.4, -0.2) is 54.9 Å². The Bertz CT molecular complexity index is 1030. The maximum Gasteiger partial charge on any atom is 0.248 e. The minimum atomic E-state index is -3.65. The SMILES string of the molecule is Cc1noc(C)c1S(=O)(=O)N1CCC(C(=O)N2CC=C(c3ccccc3)CC2)CC1. The molecule has 1 aromatic carbocycles. The lowest BCUT2D eigenvalue weighted by Gasteiger charge is -2.34. The van der Waals surface area contributed by atoms with Crippen molar-refractivity contribution in [1.29, 1.82) is 0 Å². The first-order valence-corrected chi connectivity index (χ1v) is 11.8. The van der Waals surface area contributed by atoms with Gasteiger partial charge in [0.1, 0.15) is 10.6 Å². The maximum absolute atomic E-state index is 13.0.